The second-order valence-corrected chi connectivity index (χ2v) is 5.64. The molecule has 1 aromatic rings. The Labute approximate surface area is 104 Å². The molecule has 0 aliphatic carbocycles. The van der Waals surface area contributed by atoms with Gasteiger partial charge in [0.1, 0.15) is 0 Å². The van der Waals surface area contributed by atoms with E-state index in [2.05, 4.69) is 58.4 Å². The predicted molar refractivity (Wildman–Crippen MR) is 71.2 cm³/mol. The Balaban J connectivity index is 2.34. The molecular formula is C12H14BrNS. The summed E-state index contributed by atoms with van der Waals surface area (Å²) < 4.78 is 1.12. The summed E-state index contributed by atoms with van der Waals surface area (Å²) in [6.07, 6.45) is 5.16. The molecule has 0 saturated carbocycles. The topological polar surface area (TPSA) is 12.0 Å². The number of hydrogen-bond acceptors (Lipinski definition) is 2. The van der Waals surface area contributed by atoms with E-state index < -0.39 is 0 Å². The summed E-state index contributed by atoms with van der Waals surface area (Å²) in [4.78, 5) is 1.29. The Hall–Kier alpha value is -0.430. The van der Waals surface area contributed by atoms with E-state index in [9.17, 15) is 0 Å². The second-order valence-electron chi connectivity index (χ2n) is 3.22. The first kappa shape index (κ1) is 12.6. The molecule has 3 heteroatoms. The summed E-state index contributed by atoms with van der Waals surface area (Å²) in [5, 5.41) is 3.73. The van der Waals surface area contributed by atoms with Crippen molar-refractivity contribution in [2.24, 2.45) is 0 Å². The van der Waals surface area contributed by atoms with Gasteiger partial charge >= 0.3 is 0 Å². The lowest BCUT2D eigenvalue weighted by Gasteiger charge is -2.10. The number of terminal acetylenes is 1. The largest absolute Gasteiger partial charge is 0.305 e. The molecule has 1 N–H and O–H groups in total. The molecule has 0 radical (unpaired) electrons. The fraction of sp³-hybridized carbons (Fsp3) is 0.333. The lowest BCUT2D eigenvalue weighted by molar-refractivity contribution is 0.748. The standard InChI is InChI=1S/C12H14BrNS/c1-3-8-14-9-10(2)15-12-6-4-11(13)5-7-12/h1,4-7,10,14H,8-9H2,2H3. The van der Waals surface area contributed by atoms with Gasteiger partial charge in [0, 0.05) is 21.2 Å². The normalized spacial score (nSPS) is 12.1. The third-order valence-corrected chi connectivity index (χ3v) is 3.45. The smallest absolute Gasteiger partial charge is 0.0574 e. The van der Waals surface area contributed by atoms with Gasteiger partial charge in [-0.3, -0.25) is 0 Å². The van der Waals surface area contributed by atoms with Gasteiger partial charge in [-0.05, 0) is 24.3 Å². The SMILES string of the molecule is C#CCNCC(C)Sc1ccc(Br)cc1. The van der Waals surface area contributed by atoms with E-state index in [0.29, 0.717) is 11.8 Å². The number of halogens is 1. The molecule has 0 aliphatic rings. The highest BCUT2D eigenvalue weighted by molar-refractivity contribution is 9.10. The van der Waals surface area contributed by atoms with Crippen LogP contribution in [0.3, 0.4) is 0 Å². The molecule has 0 aromatic heterocycles. The van der Waals surface area contributed by atoms with Crippen LogP contribution in [0.15, 0.2) is 33.6 Å². The highest BCUT2D eigenvalue weighted by atomic mass is 79.9. The molecule has 1 unspecified atom stereocenters. The molecule has 1 nitrogen and oxygen atoms in total. The maximum absolute atomic E-state index is 5.16. The molecule has 0 aliphatic heterocycles. The summed E-state index contributed by atoms with van der Waals surface area (Å²) in [6, 6.07) is 8.35. The average molecular weight is 284 g/mol. The summed E-state index contributed by atoms with van der Waals surface area (Å²) in [7, 11) is 0. The summed E-state index contributed by atoms with van der Waals surface area (Å²) in [6.45, 7) is 3.77. The van der Waals surface area contributed by atoms with Crippen molar-refractivity contribution >= 4 is 27.7 Å². The van der Waals surface area contributed by atoms with Crippen LogP contribution in [0.25, 0.3) is 0 Å². The molecule has 0 fully saturated rings. The summed E-state index contributed by atoms with van der Waals surface area (Å²) in [5.41, 5.74) is 0. The molecule has 0 bridgehead atoms. The van der Waals surface area contributed by atoms with E-state index in [1.165, 1.54) is 4.90 Å². The quantitative estimate of drug-likeness (QED) is 0.506. The van der Waals surface area contributed by atoms with E-state index in [1.54, 1.807) is 0 Å². The zero-order valence-corrected chi connectivity index (χ0v) is 11.1. The third-order valence-electron chi connectivity index (χ3n) is 1.81. The fourth-order valence-electron chi connectivity index (χ4n) is 1.13. The summed E-state index contributed by atoms with van der Waals surface area (Å²) >= 11 is 5.27. The van der Waals surface area contributed by atoms with Crippen molar-refractivity contribution in [3.8, 4) is 12.3 Å². The molecule has 0 amide bonds. The first-order valence-electron chi connectivity index (χ1n) is 4.79. The molecular weight excluding hydrogens is 270 g/mol. The van der Waals surface area contributed by atoms with Gasteiger partial charge in [-0.1, -0.05) is 28.8 Å². The molecule has 0 spiro atoms. The maximum Gasteiger partial charge on any atom is 0.0574 e. The minimum Gasteiger partial charge on any atom is -0.305 e. The first-order valence-corrected chi connectivity index (χ1v) is 6.46. The second kappa shape index (κ2) is 6.95. The van der Waals surface area contributed by atoms with Crippen LogP contribution in [-0.2, 0) is 0 Å². The zero-order valence-electron chi connectivity index (χ0n) is 8.66. The van der Waals surface area contributed by atoms with Crippen LogP contribution in [0.1, 0.15) is 6.92 Å². The molecule has 0 saturated heterocycles. The summed E-state index contributed by atoms with van der Waals surface area (Å²) in [5.74, 6) is 2.57. The minimum atomic E-state index is 0.527. The van der Waals surface area contributed by atoms with Crippen molar-refractivity contribution in [3.05, 3.63) is 28.7 Å². The van der Waals surface area contributed by atoms with Crippen molar-refractivity contribution in [2.45, 2.75) is 17.1 Å². The number of hydrogen-bond donors (Lipinski definition) is 1. The molecule has 1 aromatic carbocycles. The van der Waals surface area contributed by atoms with E-state index in [-0.39, 0.29) is 0 Å². The molecule has 80 valence electrons. The van der Waals surface area contributed by atoms with Gasteiger partial charge in [-0.25, -0.2) is 0 Å². The Morgan fingerprint density at radius 1 is 1.47 bits per heavy atom. The van der Waals surface area contributed by atoms with Crippen LogP contribution in [0.2, 0.25) is 0 Å². The van der Waals surface area contributed by atoms with Crippen LogP contribution in [0, 0.1) is 12.3 Å². The number of thioether (sulfide) groups is 1. The van der Waals surface area contributed by atoms with Gasteiger partial charge in [0.25, 0.3) is 0 Å². The first-order chi connectivity index (χ1) is 7.22. The zero-order chi connectivity index (χ0) is 11.1. The fourth-order valence-corrected chi connectivity index (χ4v) is 2.36. The van der Waals surface area contributed by atoms with Crippen molar-refractivity contribution < 1.29 is 0 Å². The minimum absolute atomic E-state index is 0.527. The molecule has 1 atom stereocenters. The third kappa shape index (κ3) is 5.27. The van der Waals surface area contributed by atoms with Crippen molar-refractivity contribution in [3.63, 3.8) is 0 Å². The van der Waals surface area contributed by atoms with E-state index in [4.69, 9.17) is 6.42 Å². The van der Waals surface area contributed by atoms with Crippen LogP contribution >= 0.6 is 27.7 Å². The maximum atomic E-state index is 5.16. The Morgan fingerprint density at radius 2 is 2.13 bits per heavy atom. The van der Waals surface area contributed by atoms with Crippen LogP contribution in [-0.4, -0.2) is 18.3 Å². The lowest BCUT2D eigenvalue weighted by Crippen LogP contribution is -2.22. The van der Waals surface area contributed by atoms with Gasteiger partial charge in [0.15, 0.2) is 0 Å². The van der Waals surface area contributed by atoms with Gasteiger partial charge in [0.05, 0.1) is 6.54 Å². The lowest BCUT2D eigenvalue weighted by atomic mass is 10.4. The van der Waals surface area contributed by atoms with Crippen molar-refractivity contribution in [1.82, 2.24) is 5.32 Å². The highest BCUT2D eigenvalue weighted by Gasteiger charge is 2.03. The molecule has 1 rings (SSSR count). The van der Waals surface area contributed by atoms with Crippen molar-refractivity contribution in [1.29, 1.82) is 0 Å². The van der Waals surface area contributed by atoms with Crippen LogP contribution in [0.4, 0.5) is 0 Å². The van der Waals surface area contributed by atoms with Crippen LogP contribution in [0.5, 0.6) is 0 Å². The Kier molecular flexibility index (Phi) is 5.85. The van der Waals surface area contributed by atoms with E-state index in [1.807, 2.05) is 11.8 Å². The number of nitrogens with one attached hydrogen (secondary N) is 1. The van der Waals surface area contributed by atoms with E-state index in [0.717, 1.165) is 11.0 Å². The molecule has 15 heavy (non-hydrogen) atoms. The van der Waals surface area contributed by atoms with Gasteiger partial charge < -0.3 is 5.32 Å². The number of benzene rings is 1. The van der Waals surface area contributed by atoms with Gasteiger partial charge in [-0.15, -0.1) is 18.2 Å². The van der Waals surface area contributed by atoms with Crippen LogP contribution < -0.4 is 5.32 Å². The average Bonchev–Trinajstić information content (AvgIpc) is 2.22. The van der Waals surface area contributed by atoms with Crippen molar-refractivity contribution in [2.75, 3.05) is 13.1 Å². The molecule has 0 heterocycles. The predicted octanol–water partition coefficient (Wildman–Crippen LogP) is 3.15. The van der Waals surface area contributed by atoms with E-state index >= 15 is 0 Å². The highest BCUT2D eigenvalue weighted by Crippen LogP contribution is 2.24. The Morgan fingerprint density at radius 3 is 2.73 bits per heavy atom. The van der Waals surface area contributed by atoms with Gasteiger partial charge in [0.2, 0.25) is 0 Å². The number of rotatable bonds is 5. The van der Waals surface area contributed by atoms with Gasteiger partial charge in [-0.2, -0.15) is 0 Å². The Bertz CT molecular complexity index is 328. The monoisotopic (exact) mass is 283 g/mol.